The highest BCUT2D eigenvalue weighted by Gasteiger charge is 2.59. The first-order valence-electron chi connectivity index (χ1n) is 12.4. The van der Waals surface area contributed by atoms with Crippen LogP contribution in [-0.4, -0.2) is 22.6 Å². The topological polar surface area (TPSA) is 80.3 Å². The lowest BCUT2D eigenvalue weighted by atomic mass is 9.45. The van der Waals surface area contributed by atoms with Gasteiger partial charge in [0.05, 0.1) is 6.04 Å². The Labute approximate surface area is 186 Å². The molecule has 5 rings (SSSR count). The molecule has 0 heterocycles. The lowest BCUT2D eigenvalue weighted by molar-refractivity contribution is -0.991. The van der Waals surface area contributed by atoms with Crippen molar-refractivity contribution in [1.82, 2.24) is 0 Å². The highest BCUT2D eigenvalue weighted by atomic mass is 16.8. The molecule has 0 aliphatic heterocycles. The van der Waals surface area contributed by atoms with Crippen LogP contribution < -0.4 is 5.23 Å². The van der Waals surface area contributed by atoms with E-state index in [-0.39, 0.29) is 22.9 Å². The largest absolute Gasteiger partial charge is 0.595 e. The zero-order valence-electron chi connectivity index (χ0n) is 19.0. The van der Waals surface area contributed by atoms with E-state index in [0.29, 0.717) is 11.0 Å². The Hall–Kier alpha value is -1.43. The molecule has 0 bridgehead atoms. The monoisotopic (exact) mass is 426 g/mol. The van der Waals surface area contributed by atoms with Gasteiger partial charge in [0.1, 0.15) is 5.75 Å². The van der Waals surface area contributed by atoms with Gasteiger partial charge in [-0.2, -0.15) is 5.23 Å². The second kappa shape index (κ2) is 7.86. The maximum atomic E-state index is 11.3. The number of aliphatic imine (C=N–C) groups is 1. The summed E-state index contributed by atoms with van der Waals surface area (Å²) in [7, 11) is 0. The van der Waals surface area contributed by atoms with Gasteiger partial charge in [0, 0.05) is 23.9 Å². The molecule has 0 radical (unpaired) electrons. The number of phenolic OH excluding ortho intramolecular Hbond substituents is 1. The third-order valence-corrected chi connectivity index (χ3v) is 10.2. The van der Waals surface area contributed by atoms with Crippen molar-refractivity contribution in [2.75, 3.05) is 0 Å². The van der Waals surface area contributed by atoms with Gasteiger partial charge in [-0.05, 0) is 91.9 Å². The summed E-state index contributed by atoms with van der Waals surface area (Å²) >= 11 is 0. The summed E-state index contributed by atoms with van der Waals surface area (Å²) < 4.78 is 0. The fourth-order valence-corrected chi connectivity index (χ4v) is 8.47. The number of nitrogens with one attached hydrogen (secondary N) is 1. The Balaban J connectivity index is 1.36. The van der Waals surface area contributed by atoms with Crippen LogP contribution in [0, 0.1) is 39.7 Å². The van der Waals surface area contributed by atoms with Crippen LogP contribution in [0.25, 0.3) is 0 Å². The fraction of sp³-hybridized carbons (Fsp3) is 0.731. The molecule has 3 N–H and O–H groups in total. The Morgan fingerprint density at radius 1 is 1.00 bits per heavy atom. The maximum Gasteiger partial charge on any atom is 0.164 e. The number of hydrogen-bond acceptors (Lipinski definition) is 4. The van der Waals surface area contributed by atoms with Crippen LogP contribution in [0.5, 0.6) is 5.75 Å². The molecule has 4 aliphatic carbocycles. The lowest BCUT2D eigenvalue weighted by Gasteiger charge is -2.60. The molecular weight excluding hydrogens is 388 g/mol. The number of aromatic hydroxyl groups is 1. The average molecular weight is 427 g/mol. The van der Waals surface area contributed by atoms with E-state index in [9.17, 15) is 15.5 Å². The van der Waals surface area contributed by atoms with Gasteiger partial charge in [-0.15, -0.1) is 0 Å². The van der Waals surface area contributed by atoms with Crippen LogP contribution in [0.15, 0.2) is 23.2 Å². The molecule has 31 heavy (non-hydrogen) atoms. The first kappa shape index (κ1) is 21.4. The molecular formula is C26H38N2O3. The van der Waals surface area contributed by atoms with E-state index < -0.39 is 5.23 Å². The van der Waals surface area contributed by atoms with Crippen molar-refractivity contribution in [3.63, 3.8) is 0 Å². The summed E-state index contributed by atoms with van der Waals surface area (Å²) in [6, 6.07) is 4.69. The van der Waals surface area contributed by atoms with Crippen LogP contribution >= 0.6 is 0 Å². The third kappa shape index (κ3) is 3.44. The minimum atomic E-state index is -0.979. The van der Waals surface area contributed by atoms with Crippen molar-refractivity contribution in [2.45, 2.75) is 84.1 Å². The number of fused-ring (bicyclic) bond motifs is 5. The zero-order chi connectivity index (χ0) is 21.8. The molecule has 1 aromatic rings. The smallest absolute Gasteiger partial charge is 0.164 e. The number of benzene rings is 1. The number of quaternary nitrogens is 1. The zero-order valence-corrected chi connectivity index (χ0v) is 19.0. The Morgan fingerprint density at radius 3 is 2.61 bits per heavy atom. The van der Waals surface area contributed by atoms with Crippen LogP contribution in [-0.2, 0) is 0 Å². The van der Waals surface area contributed by atoms with Gasteiger partial charge in [0.25, 0.3) is 0 Å². The van der Waals surface area contributed by atoms with Gasteiger partial charge in [0.2, 0.25) is 0 Å². The summed E-state index contributed by atoms with van der Waals surface area (Å²) in [5, 5.41) is 29.8. The van der Waals surface area contributed by atoms with Crippen LogP contribution in [0.2, 0.25) is 0 Å². The first-order valence-corrected chi connectivity index (χ1v) is 12.4. The summed E-state index contributed by atoms with van der Waals surface area (Å²) in [5.74, 6) is 3.55. The molecule has 0 amide bonds. The number of nitrogens with zero attached hydrogens (tertiary/aromatic N) is 1. The summed E-state index contributed by atoms with van der Waals surface area (Å²) in [6.45, 7) is 5.09. The number of rotatable bonds is 3. The summed E-state index contributed by atoms with van der Waals surface area (Å²) in [4.78, 5) is 4.97. The Kier molecular flexibility index (Phi) is 5.43. The van der Waals surface area contributed by atoms with E-state index in [1.807, 2.05) is 0 Å². The van der Waals surface area contributed by atoms with Gasteiger partial charge in [-0.1, -0.05) is 26.7 Å². The van der Waals surface area contributed by atoms with Crippen molar-refractivity contribution < 1.29 is 15.5 Å². The van der Waals surface area contributed by atoms with E-state index in [1.54, 1.807) is 6.21 Å². The second-order valence-corrected chi connectivity index (χ2v) is 11.4. The lowest BCUT2D eigenvalue weighted by Crippen LogP contribution is -2.99. The molecule has 5 heteroatoms. The predicted molar refractivity (Wildman–Crippen MR) is 122 cm³/mol. The van der Waals surface area contributed by atoms with E-state index in [1.165, 1.54) is 76.0 Å². The second-order valence-electron chi connectivity index (χ2n) is 11.4. The van der Waals surface area contributed by atoms with Gasteiger partial charge in [0.15, 0.2) is 5.69 Å². The standard InChI is InChI=1S/C26H38N2O3/c1-25-13-4-3-5-18(25)6-8-20-21-9-11-24(26(21,2)14-12-22(20)25)27-16-17-15-19(28(30)31)7-10-23(17)29/h7,10,15-16,18,20-22,24,28-30H,3-6,8-9,11-14H2,1-2H3/t18-,20-,21+,22+,24-,25+,26-/m1/s1. The van der Waals surface area contributed by atoms with Gasteiger partial charge in [-0.25, -0.2) is 5.21 Å². The van der Waals surface area contributed by atoms with Crippen LogP contribution in [0.4, 0.5) is 5.69 Å². The molecule has 5 nitrogen and oxygen atoms in total. The van der Waals surface area contributed by atoms with Crippen molar-refractivity contribution in [3.05, 3.63) is 29.0 Å². The summed E-state index contributed by atoms with van der Waals surface area (Å²) in [5.41, 5.74) is 1.49. The minimum Gasteiger partial charge on any atom is -0.595 e. The number of hydrogen-bond donors (Lipinski definition) is 3. The van der Waals surface area contributed by atoms with Crippen molar-refractivity contribution in [1.29, 1.82) is 0 Å². The highest BCUT2D eigenvalue weighted by Crippen LogP contribution is 2.66. The average Bonchev–Trinajstić information content (AvgIpc) is 3.09. The molecule has 1 unspecified atom stereocenters. The molecule has 170 valence electrons. The van der Waals surface area contributed by atoms with E-state index in [0.717, 1.165) is 30.1 Å². The predicted octanol–water partition coefficient (Wildman–Crippen LogP) is 5.02. The molecule has 1 aromatic carbocycles. The van der Waals surface area contributed by atoms with E-state index in [4.69, 9.17) is 4.99 Å². The minimum absolute atomic E-state index is 0.0979. The van der Waals surface area contributed by atoms with Gasteiger partial charge < -0.3 is 10.3 Å². The fourth-order valence-electron chi connectivity index (χ4n) is 8.47. The van der Waals surface area contributed by atoms with Crippen molar-refractivity contribution in [3.8, 4) is 5.75 Å². The van der Waals surface area contributed by atoms with E-state index >= 15 is 0 Å². The molecule has 0 aromatic heterocycles. The quantitative estimate of drug-likeness (QED) is 0.361. The summed E-state index contributed by atoms with van der Waals surface area (Å²) in [6.07, 6.45) is 15.3. The molecule has 4 aliphatic rings. The van der Waals surface area contributed by atoms with Gasteiger partial charge >= 0.3 is 0 Å². The molecule has 4 fully saturated rings. The first-order chi connectivity index (χ1) is 14.8. The molecule has 8 atom stereocenters. The molecule has 4 saturated carbocycles. The van der Waals surface area contributed by atoms with E-state index in [2.05, 4.69) is 13.8 Å². The third-order valence-electron chi connectivity index (χ3n) is 10.2. The number of phenols is 1. The highest BCUT2D eigenvalue weighted by molar-refractivity contribution is 5.84. The maximum absolute atomic E-state index is 11.3. The van der Waals surface area contributed by atoms with Crippen LogP contribution in [0.3, 0.4) is 0 Å². The molecule has 0 saturated heterocycles. The normalized spacial score (nSPS) is 43.3. The van der Waals surface area contributed by atoms with Crippen molar-refractivity contribution >= 4 is 11.9 Å². The Bertz CT molecular complexity index is 855. The SMILES string of the molecule is C[C@]12CCCC[C@@H]1CC[C@H]1[C@@H]2CC[C@@]2(C)[C@H](N=Cc3cc([NH+]([O-])O)ccc3O)CC[C@@H]12. The van der Waals surface area contributed by atoms with Crippen molar-refractivity contribution in [2.24, 2.45) is 39.5 Å². The van der Waals surface area contributed by atoms with Gasteiger partial charge in [-0.3, -0.25) is 4.99 Å². The Morgan fingerprint density at radius 2 is 1.81 bits per heavy atom. The van der Waals surface area contributed by atoms with Crippen LogP contribution in [0.1, 0.15) is 83.6 Å². The molecule has 0 spiro atoms.